The molecular weight excluding hydrogens is 216 g/mol. The normalized spacial score (nSPS) is 20.2. The van der Waals surface area contributed by atoms with Gasteiger partial charge < -0.3 is 15.0 Å². The average Bonchev–Trinajstić information content (AvgIpc) is 2.42. The second-order valence-corrected chi connectivity index (χ2v) is 4.03. The van der Waals surface area contributed by atoms with Crippen LogP contribution in [0.3, 0.4) is 0 Å². The van der Waals surface area contributed by atoms with Crippen LogP contribution in [0.4, 0.5) is 5.82 Å². The van der Waals surface area contributed by atoms with Gasteiger partial charge in [0.15, 0.2) is 0 Å². The number of nitrogens with zero attached hydrogens (tertiary/aromatic N) is 3. The van der Waals surface area contributed by atoms with Crippen LogP contribution in [0.5, 0.6) is 0 Å². The minimum atomic E-state index is 0.124. The lowest BCUT2D eigenvalue weighted by Crippen LogP contribution is -2.36. The lowest BCUT2D eigenvalue weighted by atomic mass is 10.2. The first-order chi connectivity index (χ1) is 8.35. The minimum Gasteiger partial charge on any atom is -0.378 e. The largest absolute Gasteiger partial charge is 0.378 e. The topological polar surface area (TPSA) is 50.3 Å². The fraction of sp³-hybridized carbons (Fsp3) is 0.667. The summed E-state index contributed by atoms with van der Waals surface area (Å²) in [5.74, 6) is 1.82. The molecule has 0 amide bonds. The van der Waals surface area contributed by atoms with Gasteiger partial charge >= 0.3 is 0 Å². The monoisotopic (exact) mass is 236 g/mol. The molecule has 0 aliphatic carbocycles. The SMILES string of the molecule is CCN(CC)c1ccnc([C@@H]2COCCN2)n1. The summed E-state index contributed by atoms with van der Waals surface area (Å²) in [4.78, 5) is 11.2. The molecule has 1 saturated heterocycles. The van der Waals surface area contributed by atoms with Gasteiger partial charge in [0.2, 0.25) is 0 Å². The summed E-state index contributed by atoms with van der Waals surface area (Å²) in [7, 11) is 0. The Hall–Kier alpha value is -1.20. The minimum absolute atomic E-state index is 0.124. The van der Waals surface area contributed by atoms with Crippen molar-refractivity contribution in [2.45, 2.75) is 19.9 Å². The van der Waals surface area contributed by atoms with Gasteiger partial charge in [0.1, 0.15) is 11.6 Å². The van der Waals surface area contributed by atoms with Gasteiger partial charge in [-0.15, -0.1) is 0 Å². The Labute approximate surface area is 102 Å². The molecule has 0 radical (unpaired) electrons. The number of morpholine rings is 1. The molecule has 1 fully saturated rings. The van der Waals surface area contributed by atoms with E-state index in [0.29, 0.717) is 6.61 Å². The second-order valence-electron chi connectivity index (χ2n) is 4.03. The zero-order valence-corrected chi connectivity index (χ0v) is 10.5. The van der Waals surface area contributed by atoms with Crippen molar-refractivity contribution in [3.05, 3.63) is 18.1 Å². The standard InChI is InChI=1S/C12H20N4O/c1-3-16(4-2)11-5-6-14-12(15-11)10-9-17-8-7-13-10/h5-6,10,13H,3-4,7-9H2,1-2H3/t10-/m0/s1. The van der Waals surface area contributed by atoms with Gasteiger partial charge in [0.25, 0.3) is 0 Å². The van der Waals surface area contributed by atoms with E-state index < -0.39 is 0 Å². The van der Waals surface area contributed by atoms with Crippen LogP contribution in [-0.2, 0) is 4.74 Å². The van der Waals surface area contributed by atoms with E-state index >= 15 is 0 Å². The molecule has 1 aromatic heterocycles. The Morgan fingerprint density at radius 2 is 2.29 bits per heavy atom. The van der Waals surface area contributed by atoms with Gasteiger partial charge in [-0.2, -0.15) is 0 Å². The first-order valence-electron chi connectivity index (χ1n) is 6.24. The maximum atomic E-state index is 5.43. The summed E-state index contributed by atoms with van der Waals surface area (Å²) in [5, 5.41) is 3.37. The van der Waals surface area contributed by atoms with E-state index in [-0.39, 0.29) is 6.04 Å². The zero-order valence-electron chi connectivity index (χ0n) is 10.5. The van der Waals surface area contributed by atoms with Gasteiger partial charge in [0, 0.05) is 25.8 Å². The van der Waals surface area contributed by atoms with Gasteiger partial charge in [-0.25, -0.2) is 9.97 Å². The van der Waals surface area contributed by atoms with Crippen molar-refractivity contribution in [2.24, 2.45) is 0 Å². The van der Waals surface area contributed by atoms with Crippen molar-refractivity contribution in [3.8, 4) is 0 Å². The third kappa shape index (κ3) is 2.92. The van der Waals surface area contributed by atoms with Crippen molar-refractivity contribution < 1.29 is 4.74 Å². The van der Waals surface area contributed by atoms with Crippen LogP contribution < -0.4 is 10.2 Å². The quantitative estimate of drug-likeness (QED) is 0.844. The molecule has 1 aliphatic rings. The highest BCUT2D eigenvalue weighted by molar-refractivity contribution is 5.37. The fourth-order valence-electron chi connectivity index (χ4n) is 1.99. The predicted octanol–water partition coefficient (Wildman–Crippen LogP) is 0.984. The summed E-state index contributed by atoms with van der Waals surface area (Å²) in [5.41, 5.74) is 0. The molecule has 0 spiro atoms. The molecule has 1 aliphatic heterocycles. The van der Waals surface area contributed by atoms with E-state index in [1.54, 1.807) is 0 Å². The molecule has 5 heteroatoms. The van der Waals surface area contributed by atoms with Crippen molar-refractivity contribution in [2.75, 3.05) is 37.7 Å². The van der Waals surface area contributed by atoms with Crippen molar-refractivity contribution in [1.82, 2.24) is 15.3 Å². The van der Waals surface area contributed by atoms with Crippen molar-refractivity contribution >= 4 is 5.82 Å². The summed E-state index contributed by atoms with van der Waals surface area (Å²) >= 11 is 0. The number of rotatable bonds is 4. The van der Waals surface area contributed by atoms with Crippen molar-refractivity contribution in [3.63, 3.8) is 0 Å². The molecule has 1 atom stereocenters. The average molecular weight is 236 g/mol. The second kappa shape index (κ2) is 5.93. The Morgan fingerprint density at radius 3 is 2.94 bits per heavy atom. The Bertz CT molecular complexity index is 348. The number of anilines is 1. The number of ether oxygens (including phenoxy) is 1. The van der Waals surface area contributed by atoms with Crippen LogP contribution in [-0.4, -0.2) is 42.8 Å². The summed E-state index contributed by atoms with van der Waals surface area (Å²) in [6.45, 7) is 8.47. The number of aromatic nitrogens is 2. The summed E-state index contributed by atoms with van der Waals surface area (Å²) in [6, 6.07) is 2.08. The highest BCUT2D eigenvalue weighted by atomic mass is 16.5. The first-order valence-corrected chi connectivity index (χ1v) is 6.24. The molecule has 0 unspecified atom stereocenters. The van der Waals surface area contributed by atoms with Gasteiger partial charge in [-0.3, -0.25) is 0 Å². The van der Waals surface area contributed by atoms with Gasteiger partial charge in [-0.1, -0.05) is 0 Å². The molecular formula is C12H20N4O. The molecule has 5 nitrogen and oxygen atoms in total. The highest BCUT2D eigenvalue weighted by Crippen LogP contribution is 2.15. The fourth-order valence-corrected chi connectivity index (χ4v) is 1.99. The van der Waals surface area contributed by atoms with E-state index in [9.17, 15) is 0 Å². The molecule has 2 rings (SSSR count). The number of nitrogens with one attached hydrogen (secondary N) is 1. The van der Waals surface area contributed by atoms with Gasteiger partial charge in [-0.05, 0) is 19.9 Å². The van der Waals surface area contributed by atoms with Gasteiger partial charge in [0.05, 0.1) is 19.3 Å². The van der Waals surface area contributed by atoms with E-state index in [1.165, 1.54) is 0 Å². The van der Waals surface area contributed by atoms with Crippen LogP contribution in [0.25, 0.3) is 0 Å². The van der Waals surface area contributed by atoms with E-state index in [0.717, 1.165) is 37.9 Å². The van der Waals surface area contributed by atoms with Crippen LogP contribution in [0.1, 0.15) is 25.7 Å². The van der Waals surface area contributed by atoms with Crippen molar-refractivity contribution in [1.29, 1.82) is 0 Å². The lowest BCUT2D eigenvalue weighted by molar-refractivity contribution is 0.0742. The maximum absolute atomic E-state index is 5.43. The molecule has 1 N–H and O–H groups in total. The Morgan fingerprint density at radius 1 is 1.47 bits per heavy atom. The zero-order chi connectivity index (χ0) is 12.1. The highest BCUT2D eigenvalue weighted by Gasteiger charge is 2.18. The number of hydrogen-bond acceptors (Lipinski definition) is 5. The Kier molecular flexibility index (Phi) is 4.28. The molecule has 0 aromatic carbocycles. The van der Waals surface area contributed by atoms with E-state index in [4.69, 9.17) is 4.74 Å². The third-order valence-corrected chi connectivity index (χ3v) is 2.98. The number of hydrogen-bond donors (Lipinski definition) is 1. The van der Waals surface area contributed by atoms with E-state index in [2.05, 4.69) is 34.0 Å². The third-order valence-electron chi connectivity index (χ3n) is 2.98. The lowest BCUT2D eigenvalue weighted by Gasteiger charge is -2.24. The van der Waals surface area contributed by atoms with Crippen LogP contribution in [0.15, 0.2) is 12.3 Å². The van der Waals surface area contributed by atoms with Crippen LogP contribution in [0, 0.1) is 0 Å². The van der Waals surface area contributed by atoms with Crippen LogP contribution >= 0.6 is 0 Å². The first kappa shape index (κ1) is 12.3. The molecule has 2 heterocycles. The predicted molar refractivity (Wildman–Crippen MR) is 67.2 cm³/mol. The maximum Gasteiger partial charge on any atom is 0.149 e. The molecule has 1 aromatic rings. The van der Waals surface area contributed by atoms with E-state index in [1.807, 2.05) is 12.3 Å². The van der Waals surface area contributed by atoms with Crippen LogP contribution in [0.2, 0.25) is 0 Å². The summed E-state index contributed by atoms with van der Waals surface area (Å²) in [6.07, 6.45) is 1.83. The Balaban J connectivity index is 2.15. The molecule has 0 saturated carbocycles. The summed E-state index contributed by atoms with van der Waals surface area (Å²) < 4.78 is 5.43. The smallest absolute Gasteiger partial charge is 0.149 e. The molecule has 0 bridgehead atoms. The molecule has 94 valence electrons. The molecule has 17 heavy (non-hydrogen) atoms.